The maximum atomic E-state index is 12.4. The topological polar surface area (TPSA) is 84.7 Å². The second kappa shape index (κ2) is 8.21. The van der Waals surface area contributed by atoms with Gasteiger partial charge >= 0.3 is 0 Å². The average molecular weight is 285 g/mol. The van der Waals surface area contributed by atoms with Crippen LogP contribution < -0.4 is 11.1 Å². The summed E-state index contributed by atoms with van der Waals surface area (Å²) in [6.07, 6.45) is 1.49. The van der Waals surface area contributed by atoms with Crippen molar-refractivity contribution in [3.63, 3.8) is 0 Å². The van der Waals surface area contributed by atoms with Gasteiger partial charge < -0.3 is 20.7 Å². The molecule has 2 unspecified atom stereocenters. The Balaban J connectivity index is 2.67. The van der Waals surface area contributed by atoms with Gasteiger partial charge in [0.05, 0.1) is 19.3 Å². The Bertz CT molecular complexity index is 334. The van der Waals surface area contributed by atoms with Crippen LogP contribution in [-0.2, 0) is 14.3 Å². The van der Waals surface area contributed by atoms with Gasteiger partial charge in [-0.15, -0.1) is 0 Å². The van der Waals surface area contributed by atoms with Crippen molar-refractivity contribution in [3.8, 4) is 0 Å². The minimum Gasteiger partial charge on any atom is -0.377 e. The first-order chi connectivity index (χ1) is 9.47. The molecule has 1 aliphatic heterocycles. The van der Waals surface area contributed by atoms with Crippen LogP contribution in [0.15, 0.2) is 0 Å². The van der Waals surface area contributed by atoms with Gasteiger partial charge in [-0.25, -0.2) is 0 Å². The van der Waals surface area contributed by atoms with Crippen LogP contribution in [0.3, 0.4) is 0 Å². The molecule has 0 aromatic heterocycles. The van der Waals surface area contributed by atoms with E-state index in [-0.39, 0.29) is 18.4 Å². The van der Waals surface area contributed by atoms with Crippen molar-refractivity contribution in [2.75, 3.05) is 26.3 Å². The smallest absolute Gasteiger partial charge is 0.245 e. The summed E-state index contributed by atoms with van der Waals surface area (Å²) in [6.45, 7) is 7.77. The number of rotatable bonds is 6. The van der Waals surface area contributed by atoms with Crippen LogP contribution in [0.4, 0.5) is 0 Å². The van der Waals surface area contributed by atoms with E-state index in [4.69, 9.17) is 10.5 Å². The van der Waals surface area contributed by atoms with Gasteiger partial charge in [-0.1, -0.05) is 20.8 Å². The molecule has 6 nitrogen and oxygen atoms in total. The highest BCUT2D eigenvalue weighted by Gasteiger charge is 2.34. The van der Waals surface area contributed by atoms with Crippen molar-refractivity contribution < 1.29 is 14.3 Å². The zero-order valence-electron chi connectivity index (χ0n) is 12.7. The highest BCUT2D eigenvalue weighted by atomic mass is 16.5. The predicted molar refractivity (Wildman–Crippen MR) is 77.1 cm³/mol. The lowest BCUT2D eigenvalue weighted by molar-refractivity contribution is -0.149. The summed E-state index contributed by atoms with van der Waals surface area (Å²) in [4.78, 5) is 26.0. The number of carbonyl (C=O) groups excluding carboxylic acids is 2. The predicted octanol–water partition coefficient (Wildman–Crippen LogP) is 0.113. The van der Waals surface area contributed by atoms with Crippen LogP contribution in [0.1, 0.15) is 33.6 Å². The summed E-state index contributed by atoms with van der Waals surface area (Å²) < 4.78 is 5.33. The molecule has 2 amide bonds. The average Bonchev–Trinajstić information content (AvgIpc) is 2.43. The molecule has 0 bridgehead atoms. The number of nitrogens with two attached hydrogens (primary N) is 1. The standard InChI is InChI=1S/C14H27N3O3/c1-4-5-16-13(18)12-9-20-7-6-17(12)14(19)11(15)8-10(2)3/h10-12H,4-9,15H2,1-3H3,(H,16,18). The molecule has 1 rings (SSSR count). The van der Waals surface area contributed by atoms with Crippen molar-refractivity contribution in [3.05, 3.63) is 0 Å². The number of nitrogens with one attached hydrogen (secondary N) is 1. The number of carbonyl (C=O) groups is 2. The van der Waals surface area contributed by atoms with Gasteiger partial charge in [0.25, 0.3) is 0 Å². The Kier molecular flexibility index (Phi) is 6.95. The van der Waals surface area contributed by atoms with E-state index < -0.39 is 12.1 Å². The first kappa shape index (κ1) is 16.9. The van der Waals surface area contributed by atoms with Crippen LogP contribution in [-0.4, -0.2) is 55.1 Å². The number of hydrogen-bond acceptors (Lipinski definition) is 4. The normalized spacial score (nSPS) is 20.9. The molecule has 2 atom stereocenters. The van der Waals surface area contributed by atoms with Gasteiger partial charge in [0.15, 0.2) is 0 Å². The second-order valence-electron chi connectivity index (χ2n) is 5.65. The van der Waals surface area contributed by atoms with E-state index in [9.17, 15) is 9.59 Å². The number of amides is 2. The van der Waals surface area contributed by atoms with Gasteiger partial charge in [0.2, 0.25) is 11.8 Å². The van der Waals surface area contributed by atoms with Crippen LogP contribution in [0.25, 0.3) is 0 Å². The van der Waals surface area contributed by atoms with E-state index in [0.717, 1.165) is 6.42 Å². The summed E-state index contributed by atoms with van der Waals surface area (Å²) >= 11 is 0. The van der Waals surface area contributed by atoms with E-state index in [1.54, 1.807) is 4.90 Å². The lowest BCUT2D eigenvalue weighted by Gasteiger charge is -2.36. The van der Waals surface area contributed by atoms with Crippen molar-refractivity contribution in [1.29, 1.82) is 0 Å². The largest absolute Gasteiger partial charge is 0.377 e. The minimum atomic E-state index is -0.555. The Morgan fingerprint density at radius 2 is 2.15 bits per heavy atom. The molecule has 1 aliphatic rings. The van der Waals surface area contributed by atoms with Crippen LogP contribution in [0.2, 0.25) is 0 Å². The lowest BCUT2D eigenvalue weighted by atomic mass is 10.0. The first-order valence-electron chi connectivity index (χ1n) is 7.38. The Hall–Kier alpha value is -1.14. The second-order valence-corrected chi connectivity index (χ2v) is 5.65. The third kappa shape index (κ3) is 4.76. The first-order valence-corrected chi connectivity index (χ1v) is 7.38. The maximum Gasteiger partial charge on any atom is 0.245 e. The molecule has 0 saturated carbocycles. The molecule has 6 heteroatoms. The maximum absolute atomic E-state index is 12.4. The quantitative estimate of drug-likeness (QED) is 0.725. The zero-order valence-corrected chi connectivity index (χ0v) is 12.7. The van der Waals surface area contributed by atoms with Gasteiger partial charge in [0.1, 0.15) is 6.04 Å². The summed E-state index contributed by atoms with van der Waals surface area (Å²) in [6, 6.07) is -1.10. The van der Waals surface area contributed by atoms with E-state index >= 15 is 0 Å². The monoisotopic (exact) mass is 285 g/mol. The molecule has 0 aromatic rings. The van der Waals surface area contributed by atoms with Crippen LogP contribution in [0, 0.1) is 5.92 Å². The lowest BCUT2D eigenvalue weighted by Crippen LogP contribution is -2.59. The Labute approximate surface area is 121 Å². The molecule has 0 spiro atoms. The van der Waals surface area contributed by atoms with Gasteiger partial charge in [0, 0.05) is 13.1 Å². The molecular formula is C14H27N3O3. The highest BCUT2D eigenvalue weighted by molar-refractivity contribution is 5.90. The summed E-state index contributed by atoms with van der Waals surface area (Å²) in [5, 5.41) is 2.81. The summed E-state index contributed by atoms with van der Waals surface area (Å²) in [5.41, 5.74) is 5.95. The molecular weight excluding hydrogens is 258 g/mol. The van der Waals surface area contributed by atoms with Crippen molar-refractivity contribution in [2.45, 2.75) is 45.7 Å². The third-order valence-electron chi connectivity index (χ3n) is 3.31. The third-order valence-corrected chi connectivity index (χ3v) is 3.31. The fourth-order valence-electron chi connectivity index (χ4n) is 2.27. The molecule has 1 fully saturated rings. The minimum absolute atomic E-state index is 0.154. The van der Waals surface area contributed by atoms with E-state index in [1.165, 1.54) is 0 Å². The fourth-order valence-corrected chi connectivity index (χ4v) is 2.27. The number of nitrogens with zero attached hydrogens (tertiary/aromatic N) is 1. The number of morpholine rings is 1. The summed E-state index contributed by atoms with van der Waals surface area (Å²) in [5.74, 6) is 0.0395. The van der Waals surface area contributed by atoms with Crippen molar-refractivity contribution in [2.24, 2.45) is 11.7 Å². The number of ether oxygens (including phenoxy) is 1. The highest BCUT2D eigenvalue weighted by Crippen LogP contribution is 2.12. The molecule has 116 valence electrons. The SMILES string of the molecule is CCCNC(=O)C1COCCN1C(=O)C(N)CC(C)C. The van der Waals surface area contributed by atoms with E-state index in [2.05, 4.69) is 5.32 Å². The Morgan fingerprint density at radius 3 is 2.75 bits per heavy atom. The Morgan fingerprint density at radius 1 is 1.45 bits per heavy atom. The molecule has 0 radical (unpaired) electrons. The molecule has 20 heavy (non-hydrogen) atoms. The van der Waals surface area contributed by atoms with E-state index in [1.807, 2.05) is 20.8 Å². The molecule has 0 aliphatic carbocycles. The van der Waals surface area contributed by atoms with Crippen LogP contribution in [0.5, 0.6) is 0 Å². The molecule has 3 N–H and O–H groups in total. The molecule has 0 aromatic carbocycles. The van der Waals surface area contributed by atoms with Gasteiger partial charge in [-0.3, -0.25) is 9.59 Å². The fraction of sp³-hybridized carbons (Fsp3) is 0.857. The van der Waals surface area contributed by atoms with E-state index in [0.29, 0.717) is 32.0 Å². The van der Waals surface area contributed by atoms with Gasteiger partial charge in [-0.05, 0) is 18.8 Å². The van der Waals surface area contributed by atoms with Crippen LogP contribution >= 0.6 is 0 Å². The van der Waals surface area contributed by atoms with Gasteiger partial charge in [-0.2, -0.15) is 0 Å². The molecule has 1 heterocycles. The van der Waals surface area contributed by atoms with Crippen molar-refractivity contribution in [1.82, 2.24) is 10.2 Å². The van der Waals surface area contributed by atoms with Crippen molar-refractivity contribution >= 4 is 11.8 Å². The summed E-state index contributed by atoms with van der Waals surface area (Å²) in [7, 11) is 0. The number of hydrogen-bond donors (Lipinski definition) is 2. The molecule has 1 saturated heterocycles. The zero-order chi connectivity index (χ0) is 15.1.